The molecule has 1 aromatic carbocycles. The van der Waals surface area contributed by atoms with Gasteiger partial charge in [-0.05, 0) is 38.3 Å². The lowest BCUT2D eigenvalue weighted by Gasteiger charge is -2.28. The zero-order valence-electron chi connectivity index (χ0n) is 12.1. The fraction of sp³-hybridized carbons (Fsp3) is 0.438. The van der Waals surface area contributed by atoms with E-state index in [-0.39, 0.29) is 12.5 Å². The molecule has 2 heterocycles. The predicted octanol–water partition coefficient (Wildman–Crippen LogP) is 1.54. The fourth-order valence-electron chi connectivity index (χ4n) is 2.95. The summed E-state index contributed by atoms with van der Waals surface area (Å²) in [5.41, 5.74) is 1.89. The van der Waals surface area contributed by atoms with Crippen molar-refractivity contribution in [3.05, 3.63) is 29.3 Å². The van der Waals surface area contributed by atoms with E-state index in [1.54, 1.807) is 17.0 Å². The van der Waals surface area contributed by atoms with Gasteiger partial charge in [0.25, 0.3) is 11.7 Å². The molecule has 5 heteroatoms. The van der Waals surface area contributed by atoms with Crippen molar-refractivity contribution in [3.8, 4) is 0 Å². The largest absolute Gasteiger partial charge is 0.341 e. The molecule has 21 heavy (non-hydrogen) atoms. The van der Waals surface area contributed by atoms with Gasteiger partial charge in [0.2, 0.25) is 5.91 Å². The van der Waals surface area contributed by atoms with Gasteiger partial charge in [-0.2, -0.15) is 0 Å². The molecule has 1 fully saturated rings. The standard InChI is InChI=1S/C16H18N2O3/c1-11-5-6-13-12(9-11)15(20)16(21)18(13)10-14(19)17-7-3-2-4-8-17/h5-6,9H,2-4,7-8,10H2,1H3. The number of nitrogens with zero attached hydrogens (tertiary/aromatic N) is 2. The number of likely N-dealkylation sites (tertiary alicyclic amines) is 1. The van der Waals surface area contributed by atoms with Crippen molar-refractivity contribution in [1.29, 1.82) is 0 Å². The maximum absolute atomic E-state index is 12.3. The van der Waals surface area contributed by atoms with Crippen LogP contribution in [0.1, 0.15) is 35.2 Å². The van der Waals surface area contributed by atoms with E-state index in [1.807, 2.05) is 13.0 Å². The number of rotatable bonds is 2. The summed E-state index contributed by atoms with van der Waals surface area (Å²) in [4.78, 5) is 39.5. The first-order valence-corrected chi connectivity index (χ1v) is 7.32. The lowest BCUT2D eigenvalue weighted by Crippen LogP contribution is -2.44. The third kappa shape index (κ3) is 2.44. The number of fused-ring (bicyclic) bond motifs is 1. The van der Waals surface area contributed by atoms with Gasteiger partial charge in [0.1, 0.15) is 6.54 Å². The molecule has 0 radical (unpaired) electrons. The topological polar surface area (TPSA) is 57.7 Å². The number of carbonyl (C=O) groups is 3. The number of hydrogen-bond acceptors (Lipinski definition) is 3. The molecule has 0 saturated carbocycles. The molecule has 0 N–H and O–H groups in total. The van der Waals surface area contributed by atoms with Gasteiger partial charge in [-0.25, -0.2) is 0 Å². The van der Waals surface area contributed by atoms with Crippen molar-refractivity contribution in [2.24, 2.45) is 0 Å². The quantitative estimate of drug-likeness (QED) is 0.775. The number of Topliss-reactive ketones (excluding diaryl/α,β-unsaturated/α-hetero) is 1. The van der Waals surface area contributed by atoms with Gasteiger partial charge >= 0.3 is 0 Å². The highest BCUT2D eigenvalue weighted by molar-refractivity contribution is 6.52. The Hall–Kier alpha value is -2.17. The van der Waals surface area contributed by atoms with Crippen molar-refractivity contribution in [3.63, 3.8) is 0 Å². The highest BCUT2D eigenvalue weighted by atomic mass is 16.2. The van der Waals surface area contributed by atoms with Gasteiger partial charge in [0, 0.05) is 13.1 Å². The zero-order chi connectivity index (χ0) is 15.0. The Morgan fingerprint density at radius 2 is 1.86 bits per heavy atom. The minimum atomic E-state index is -0.596. The fourth-order valence-corrected chi connectivity index (χ4v) is 2.95. The molecular formula is C16H18N2O3. The number of ketones is 1. The second kappa shape index (κ2) is 5.31. The number of anilines is 1. The molecule has 0 bridgehead atoms. The van der Waals surface area contributed by atoms with E-state index in [0.717, 1.165) is 37.9 Å². The molecule has 0 unspecified atom stereocenters. The van der Waals surface area contributed by atoms with Crippen LogP contribution in [0.15, 0.2) is 18.2 Å². The third-order valence-corrected chi connectivity index (χ3v) is 4.13. The molecule has 1 aromatic rings. The summed E-state index contributed by atoms with van der Waals surface area (Å²) in [5, 5.41) is 0. The van der Waals surface area contributed by atoms with Crippen LogP contribution in [0.3, 0.4) is 0 Å². The zero-order valence-corrected chi connectivity index (χ0v) is 12.1. The maximum Gasteiger partial charge on any atom is 0.299 e. The molecule has 0 spiro atoms. The number of aryl methyl sites for hydroxylation is 1. The van der Waals surface area contributed by atoms with Gasteiger partial charge in [0.05, 0.1) is 11.3 Å². The van der Waals surface area contributed by atoms with Crippen molar-refractivity contribution in [2.45, 2.75) is 26.2 Å². The molecule has 0 atom stereocenters. The Labute approximate surface area is 123 Å². The summed E-state index contributed by atoms with van der Waals surface area (Å²) in [6.07, 6.45) is 3.16. The number of benzene rings is 1. The Morgan fingerprint density at radius 1 is 1.14 bits per heavy atom. The molecule has 0 aliphatic carbocycles. The smallest absolute Gasteiger partial charge is 0.299 e. The molecule has 1 saturated heterocycles. The number of amides is 2. The summed E-state index contributed by atoms with van der Waals surface area (Å²) in [5.74, 6) is -1.19. The molecule has 2 amide bonds. The van der Waals surface area contributed by atoms with Crippen LogP contribution in [0.4, 0.5) is 5.69 Å². The van der Waals surface area contributed by atoms with Crippen molar-refractivity contribution >= 4 is 23.3 Å². The predicted molar refractivity (Wildman–Crippen MR) is 78.3 cm³/mol. The van der Waals surface area contributed by atoms with Crippen LogP contribution in [0.2, 0.25) is 0 Å². The highest BCUT2D eigenvalue weighted by Gasteiger charge is 2.37. The molecule has 5 nitrogen and oxygen atoms in total. The maximum atomic E-state index is 12.3. The number of hydrogen-bond donors (Lipinski definition) is 0. The summed E-state index contributed by atoms with van der Waals surface area (Å²) in [6.45, 7) is 3.32. The van der Waals surface area contributed by atoms with Crippen molar-refractivity contribution in [1.82, 2.24) is 4.90 Å². The summed E-state index contributed by atoms with van der Waals surface area (Å²) < 4.78 is 0. The normalized spacial score (nSPS) is 18.1. The first-order chi connectivity index (χ1) is 10.1. The van der Waals surface area contributed by atoms with Crippen LogP contribution in [-0.4, -0.2) is 42.1 Å². The van der Waals surface area contributed by atoms with Gasteiger partial charge in [-0.1, -0.05) is 11.6 Å². The van der Waals surface area contributed by atoms with Crippen LogP contribution < -0.4 is 4.90 Å². The van der Waals surface area contributed by atoms with E-state index in [9.17, 15) is 14.4 Å². The molecular weight excluding hydrogens is 268 g/mol. The van der Waals surface area contributed by atoms with Crippen LogP contribution in [0.5, 0.6) is 0 Å². The number of carbonyl (C=O) groups excluding carboxylic acids is 3. The lowest BCUT2D eigenvalue weighted by atomic mass is 10.1. The third-order valence-electron chi connectivity index (χ3n) is 4.13. The van der Waals surface area contributed by atoms with E-state index in [4.69, 9.17) is 0 Å². The van der Waals surface area contributed by atoms with Gasteiger partial charge in [0.15, 0.2) is 0 Å². The van der Waals surface area contributed by atoms with E-state index in [1.165, 1.54) is 4.90 Å². The molecule has 110 valence electrons. The highest BCUT2D eigenvalue weighted by Crippen LogP contribution is 2.29. The SMILES string of the molecule is Cc1ccc2c(c1)C(=O)C(=O)N2CC(=O)N1CCCCC1. The summed E-state index contributed by atoms with van der Waals surface area (Å²) in [6, 6.07) is 5.31. The molecule has 0 aromatic heterocycles. The van der Waals surface area contributed by atoms with E-state index in [2.05, 4.69) is 0 Å². The van der Waals surface area contributed by atoms with Crippen molar-refractivity contribution in [2.75, 3.05) is 24.5 Å². The van der Waals surface area contributed by atoms with Crippen LogP contribution in [0.25, 0.3) is 0 Å². The van der Waals surface area contributed by atoms with Crippen LogP contribution in [0, 0.1) is 6.92 Å². The summed E-state index contributed by atoms with van der Waals surface area (Å²) in [7, 11) is 0. The van der Waals surface area contributed by atoms with E-state index >= 15 is 0 Å². The average Bonchev–Trinajstić information content (AvgIpc) is 2.73. The van der Waals surface area contributed by atoms with E-state index < -0.39 is 11.7 Å². The van der Waals surface area contributed by atoms with Gasteiger partial charge < -0.3 is 4.90 Å². The molecule has 3 rings (SSSR count). The Morgan fingerprint density at radius 3 is 2.57 bits per heavy atom. The second-order valence-electron chi connectivity index (χ2n) is 5.68. The van der Waals surface area contributed by atoms with Crippen molar-refractivity contribution < 1.29 is 14.4 Å². The Balaban J connectivity index is 1.81. The summed E-state index contributed by atoms with van der Waals surface area (Å²) >= 11 is 0. The Kier molecular flexibility index (Phi) is 3.49. The van der Waals surface area contributed by atoms with Crippen LogP contribution in [-0.2, 0) is 9.59 Å². The monoisotopic (exact) mass is 286 g/mol. The minimum Gasteiger partial charge on any atom is -0.341 e. The molecule has 2 aliphatic heterocycles. The Bertz CT molecular complexity index is 618. The average molecular weight is 286 g/mol. The lowest BCUT2D eigenvalue weighted by molar-refractivity contribution is -0.131. The minimum absolute atomic E-state index is 0.0410. The first kappa shape index (κ1) is 13.8. The first-order valence-electron chi connectivity index (χ1n) is 7.32. The van der Waals surface area contributed by atoms with Crippen LogP contribution >= 0.6 is 0 Å². The van der Waals surface area contributed by atoms with E-state index in [0.29, 0.717) is 11.3 Å². The molecule has 2 aliphatic rings. The van der Waals surface area contributed by atoms with Gasteiger partial charge in [-0.3, -0.25) is 19.3 Å². The number of piperidine rings is 1. The second-order valence-corrected chi connectivity index (χ2v) is 5.68. The van der Waals surface area contributed by atoms with Gasteiger partial charge in [-0.15, -0.1) is 0 Å².